The first-order valence-corrected chi connectivity index (χ1v) is 7.12. The second-order valence-electron chi connectivity index (χ2n) is 5.27. The van der Waals surface area contributed by atoms with Crippen molar-refractivity contribution in [2.75, 3.05) is 6.54 Å². The zero-order chi connectivity index (χ0) is 16.2. The van der Waals surface area contributed by atoms with Gasteiger partial charge in [-0.2, -0.15) is 0 Å². The molecule has 2 atom stereocenters. The number of nitrogens with zero attached hydrogens (tertiary/aromatic N) is 1. The molecular formula is C15H24N2O4. The lowest BCUT2D eigenvalue weighted by atomic mass is 10.1. The Bertz CT molecular complexity index is 510. The Balaban J connectivity index is 2.73. The van der Waals surface area contributed by atoms with Gasteiger partial charge in [0.1, 0.15) is 11.5 Å². The van der Waals surface area contributed by atoms with Crippen LogP contribution in [0.2, 0.25) is 0 Å². The summed E-state index contributed by atoms with van der Waals surface area (Å²) in [5, 5.41) is 11.7. The lowest BCUT2D eigenvalue weighted by Crippen LogP contribution is -2.46. The van der Waals surface area contributed by atoms with Crippen LogP contribution >= 0.6 is 0 Å². The number of carbonyl (C=O) groups excluding carboxylic acids is 1. The third-order valence-corrected chi connectivity index (χ3v) is 3.49. The second kappa shape index (κ2) is 7.15. The van der Waals surface area contributed by atoms with Crippen LogP contribution < -0.4 is 5.32 Å². The maximum absolute atomic E-state index is 12.3. The van der Waals surface area contributed by atoms with Crippen molar-refractivity contribution in [1.29, 1.82) is 0 Å². The molecule has 0 fully saturated rings. The molecule has 0 aliphatic heterocycles. The van der Waals surface area contributed by atoms with E-state index in [-0.39, 0.29) is 24.5 Å². The highest BCUT2D eigenvalue weighted by Crippen LogP contribution is 2.21. The third-order valence-electron chi connectivity index (χ3n) is 3.49. The Labute approximate surface area is 125 Å². The van der Waals surface area contributed by atoms with E-state index in [2.05, 4.69) is 5.32 Å². The van der Waals surface area contributed by atoms with Crippen LogP contribution in [0.1, 0.15) is 50.3 Å². The van der Waals surface area contributed by atoms with Gasteiger partial charge < -0.3 is 19.7 Å². The number of furan rings is 1. The molecule has 1 heterocycles. The first-order chi connectivity index (χ1) is 9.76. The molecule has 1 aromatic heterocycles. The minimum Gasteiger partial charge on any atom is -0.481 e. The van der Waals surface area contributed by atoms with Crippen LogP contribution in [0, 0.1) is 13.8 Å². The molecule has 0 spiro atoms. The highest BCUT2D eigenvalue weighted by atomic mass is 16.4. The number of carboxylic acid groups (broad SMARTS) is 1. The van der Waals surface area contributed by atoms with E-state index in [0.717, 1.165) is 17.1 Å². The molecule has 0 aliphatic carbocycles. The quantitative estimate of drug-likeness (QED) is 0.845. The first kappa shape index (κ1) is 17.1. The minimum absolute atomic E-state index is 0.0700. The number of rotatable bonds is 6. The van der Waals surface area contributed by atoms with E-state index in [4.69, 9.17) is 9.52 Å². The van der Waals surface area contributed by atoms with Crippen molar-refractivity contribution in [3.8, 4) is 0 Å². The molecule has 118 valence electrons. The Morgan fingerprint density at radius 2 is 2.00 bits per heavy atom. The summed E-state index contributed by atoms with van der Waals surface area (Å²) in [5.41, 5.74) is 0.933. The lowest BCUT2D eigenvalue weighted by Gasteiger charge is -2.28. The normalized spacial score (nSPS) is 13.6. The number of carbonyl (C=O) groups is 2. The van der Waals surface area contributed by atoms with Crippen LogP contribution in [-0.2, 0) is 4.79 Å². The largest absolute Gasteiger partial charge is 0.481 e. The van der Waals surface area contributed by atoms with Gasteiger partial charge >= 0.3 is 12.0 Å². The second-order valence-corrected chi connectivity index (χ2v) is 5.27. The predicted molar refractivity (Wildman–Crippen MR) is 79.2 cm³/mol. The van der Waals surface area contributed by atoms with Gasteiger partial charge in [0.2, 0.25) is 0 Å². The predicted octanol–water partition coefficient (Wildman–Crippen LogP) is 2.85. The van der Waals surface area contributed by atoms with Crippen LogP contribution in [0.25, 0.3) is 0 Å². The van der Waals surface area contributed by atoms with Crippen molar-refractivity contribution in [3.63, 3.8) is 0 Å². The topological polar surface area (TPSA) is 82.8 Å². The Kier molecular flexibility index (Phi) is 5.81. The molecule has 1 aromatic rings. The van der Waals surface area contributed by atoms with Crippen molar-refractivity contribution in [1.82, 2.24) is 10.2 Å². The Hall–Kier alpha value is -1.98. The SMILES string of the molecule is CCN(C(=O)NC(C)c1cc(C)oc1C)C(C)CC(=O)O. The number of urea groups is 1. The van der Waals surface area contributed by atoms with Crippen LogP contribution in [-0.4, -0.2) is 34.6 Å². The van der Waals surface area contributed by atoms with Gasteiger partial charge in [-0.3, -0.25) is 4.79 Å². The van der Waals surface area contributed by atoms with Gasteiger partial charge in [-0.05, 0) is 40.7 Å². The summed E-state index contributed by atoms with van der Waals surface area (Å²) in [6.07, 6.45) is -0.0700. The number of nitrogens with one attached hydrogen (secondary N) is 1. The van der Waals surface area contributed by atoms with Gasteiger partial charge in [-0.25, -0.2) is 4.79 Å². The van der Waals surface area contributed by atoms with E-state index in [1.165, 1.54) is 4.90 Å². The summed E-state index contributed by atoms with van der Waals surface area (Å²) in [6.45, 7) is 9.61. The maximum Gasteiger partial charge on any atom is 0.318 e. The summed E-state index contributed by atoms with van der Waals surface area (Å²) >= 11 is 0. The van der Waals surface area contributed by atoms with Gasteiger partial charge in [0.25, 0.3) is 0 Å². The van der Waals surface area contributed by atoms with Crippen molar-refractivity contribution >= 4 is 12.0 Å². The minimum atomic E-state index is -0.914. The monoisotopic (exact) mass is 296 g/mol. The average Bonchev–Trinajstić information content (AvgIpc) is 2.68. The summed E-state index contributed by atoms with van der Waals surface area (Å²) in [4.78, 5) is 24.6. The smallest absolute Gasteiger partial charge is 0.318 e. The fraction of sp³-hybridized carbons (Fsp3) is 0.600. The summed E-state index contributed by atoms with van der Waals surface area (Å²) in [5.74, 6) is 0.667. The molecule has 6 heteroatoms. The van der Waals surface area contributed by atoms with Crippen molar-refractivity contribution < 1.29 is 19.1 Å². The molecule has 0 saturated heterocycles. The number of aliphatic carboxylic acids is 1. The lowest BCUT2D eigenvalue weighted by molar-refractivity contribution is -0.138. The first-order valence-electron chi connectivity index (χ1n) is 7.12. The molecule has 0 radical (unpaired) electrons. The molecule has 6 nitrogen and oxygen atoms in total. The molecule has 2 amide bonds. The molecule has 0 saturated carbocycles. The summed E-state index contributed by atoms with van der Waals surface area (Å²) in [7, 11) is 0. The van der Waals surface area contributed by atoms with E-state index in [0.29, 0.717) is 6.54 Å². The molecule has 2 N–H and O–H groups in total. The van der Waals surface area contributed by atoms with Crippen LogP contribution in [0.3, 0.4) is 0 Å². The van der Waals surface area contributed by atoms with Gasteiger partial charge in [-0.15, -0.1) is 0 Å². The van der Waals surface area contributed by atoms with E-state index in [1.54, 1.807) is 6.92 Å². The van der Waals surface area contributed by atoms with Crippen molar-refractivity contribution in [3.05, 3.63) is 23.2 Å². The number of hydrogen-bond donors (Lipinski definition) is 2. The van der Waals surface area contributed by atoms with Gasteiger partial charge in [0.15, 0.2) is 0 Å². The number of aryl methyl sites for hydroxylation is 2. The molecule has 0 aromatic carbocycles. The van der Waals surface area contributed by atoms with Gasteiger partial charge in [-0.1, -0.05) is 0 Å². The van der Waals surface area contributed by atoms with Crippen molar-refractivity contribution in [2.24, 2.45) is 0 Å². The van der Waals surface area contributed by atoms with E-state index in [1.807, 2.05) is 33.8 Å². The summed E-state index contributed by atoms with van der Waals surface area (Å²) < 4.78 is 5.46. The molecule has 2 unspecified atom stereocenters. The van der Waals surface area contributed by atoms with Gasteiger partial charge in [0, 0.05) is 18.2 Å². The zero-order valence-corrected chi connectivity index (χ0v) is 13.3. The standard InChI is InChI=1S/C15H24N2O4/c1-6-17(9(2)7-14(18)19)15(20)16-11(4)13-8-10(3)21-12(13)5/h8-9,11H,6-7H2,1-5H3,(H,16,20)(H,18,19). The fourth-order valence-electron chi connectivity index (χ4n) is 2.44. The molecule has 0 aliphatic rings. The fourth-order valence-corrected chi connectivity index (χ4v) is 2.44. The van der Waals surface area contributed by atoms with Crippen LogP contribution in [0.4, 0.5) is 4.79 Å². The molecular weight excluding hydrogens is 272 g/mol. The number of carboxylic acids is 1. The van der Waals surface area contributed by atoms with E-state index < -0.39 is 5.97 Å². The van der Waals surface area contributed by atoms with Gasteiger partial charge in [0.05, 0.1) is 12.5 Å². The molecule has 1 rings (SSSR count). The van der Waals surface area contributed by atoms with E-state index in [9.17, 15) is 9.59 Å². The molecule has 21 heavy (non-hydrogen) atoms. The average molecular weight is 296 g/mol. The molecule has 0 bridgehead atoms. The third kappa shape index (κ3) is 4.51. The van der Waals surface area contributed by atoms with Crippen LogP contribution in [0.15, 0.2) is 10.5 Å². The highest BCUT2D eigenvalue weighted by Gasteiger charge is 2.23. The number of hydrogen-bond acceptors (Lipinski definition) is 3. The maximum atomic E-state index is 12.3. The highest BCUT2D eigenvalue weighted by molar-refractivity contribution is 5.76. The summed E-state index contributed by atoms with van der Waals surface area (Å²) in [6, 6.07) is 1.09. The zero-order valence-electron chi connectivity index (χ0n) is 13.3. The van der Waals surface area contributed by atoms with Crippen molar-refractivity contribution in [2.45, 2.75) is 53.1 Å². The van der Waals surface area contributed by atoms with Crippen LogP contribution in [0.5, 0.6) is 0 Å². The Morgan fingerprint density at radius 1 is 1.38 bits per heavy atom. The Morgan fingerprint density at radius 3 is 2.43 bits per heavy atom. The van der Waals surface area contributed by atoms with E-state index >= 15 is 0 Å². The number of amides is 2.